The van der Waals surface area contributed by atoms with Crippen LogP contribution in [0.5, 0.6) is 0 Å². The second kappa shape index (κ2) is 7.54. The zero-order chi connectivity index (χ0) is 19.6. The average Bonchev–Trinajstić information content (AvgIpc) is 3.03. The number of nitrogens with zero attached hydrogens (tertiary/aromatic N) is 2. The number of ether oxygens (including phenoxy) is 2. The number of hydrogen-bond donors (Lipinski definition) is 0. The lowest BCUT2D eigenvalue weighted by atomic mass is 9.91. The highest BCUT2D eigenvalue weighted by Gasteiger charge is 2.48. The van der Waals surface area contributed by atoms with E-state index < -0.39 is 5.60 Å². The summed E-state index contributed by atoms with van der Waals surface area (Å²) in [6, 6.07) is 17.5. The van der Waals surface area contributed by atoms with Crippen molar-refractivity contribution >= 4 is 17.9 Å². The van der Waals surface area contributed by atoms with Gasteiger partial charge in [-0.25, -0.2) is 9.59 Å². The van der Waals surface area contributed by atoms with Crippen molar-refractivity contribution in [2.45, 2.75) is 32.0 Å². The minimum atomic E-state index is -0.531. The van der Waals surface area contributed by atoms with E-state index in [1.54, 1.807) is 9.80 Å². The molecule has 0 radical (unpaired) electrons. The maximum Gasteiger partial charge on any atom is 0.415 e. The van der Waals surface area contributed by atoms with Gasteiger partial charge in [0.05, 0.1) is 6.54 Å². The Hall–Kier alpha value is -3.02. The minimum absolute atomic E-state index is 0.261. The van der Waals surface area contributed by atoms with Gasteiger partial charge in [0, 0.05) is 31.6 Å². The zero-order valence-corrected chi connectivity index (χ0v) is 16.0. The number of amides is 2. The van der Waals surface area contributed by atoms with E-state index in [2.05, 4.69) is 0 Å². The molecule has 0 N–H and O–H groups in total. The van der Waals surface area contributed by atoms with Gasteiger partial charge in [-0.2, -0.15) is 0 Å². The number of aryl methyl sites for hydroxylation is 1. The molecule has 2 aliphatic rings. The summed E-state index contributed by atoms with van der Waals surface area (Å²) in [6.45, 7) is 3.81. The normalized spacial score (nSPS) is 18.2. The van der Waals surface area contributed by atoms with Crippen LogP contribution < -0.4 is 4.90 Å². The smallest absolute Gasteiger partial charge is 0.415 e. The first-order valence-electron chi connectivity index (χ1n) is 9.58. The number of rotatable bonds is 3. The summed E-state index contributed by atoms with van der Waals surface area (Å²) in [7, 11) is 0. The van der Waals surface area contributed by atoms with Gasteiger partial charge in [-0.3, -0.25) is 4.90 Å². The fourth-order valence-electron chi connectivity index (χ4n) is 3.79. The van der Waals surface area contributed by atoms with Crippen molar-refractivity contribution in [3.63, 3.8) is 0 Å². The van der Waals surface area contributed by atoms with Gasteiger partial charge in [0.15, 0.2) is 0 Å². The number of benzene rings is 2. The van der Waals surface area contributed by atoms with Crippen molar-refractivity contribution in [3.05, 3.63) is 65.7 Å². The quantitative estimate of drug-likeness (QED) is 0.804. The Kier molecular flexibility index (Phi) is 4.94. The van der Waals surface area contributed by atoms with Crippen LogP contribution in [-0.4, -0.2) is 42.3 Å². The maximum absolute atomic E-state index is 12.4. The summed E-state index contributed by atoms with van der Waals surface area (Å²) >= 11 is 0. The third-order valence-electron chi connectivity index (χ3n) is 5.42. The van der Waals surface area contributed by atoms with Gasteiger partial charge in [-0.1, -0.05) is 42.5 Å². The Morgan fingerprint density at radius 3 is 2.57 bits per heavy atom. The van der Waals surface area contributed by atoms with Crippen LogP contribution in [0.2, 0.25) is 0 Å². The molecule has 6 nitrogen and oxygen atoms in total. The molecule has 0 unspecified atom stereocenters. The van der Waals surface area contributed by atoms with Crippen molar-refractivity contribution in [3.8, 4) is 0 Å². The second-order valence-corrected chi connectivity index (χ2v) is 7.50. The predicted octanol–water partition coefficient (Wildman–Crippen LogP) is 4.12. The Labute approximate surface area is 164 Å². The van der Waals surface area contributed by atoms with Crippen LogP contribution >= 0.6 is 0 Å². The molecule has 6 heteroatoms. The van der Waals surface area contributed by atoms with Crippen molar-refractivity contribution < 1.29 is 19.1 Å². The van der Waals surface area contributed by atoms with Crippen LogP contribution in [0.25, 0.3) is 0 Å². The van der Waals surface area contributed by atoms with E-state index in [1.165, 1.54) is 0 Å². The molecular weight excluding hydrogens is 356 g/mol. The van der Waals surface area contributed by atoms with Gasteiger partial charge in [-0.05, 0) is 30.2 Å². The molecule has 2 fully saturated rings. The Morgan fingerprint density at radius 2 is 1.86 bits per heavy atom. The summed E-state index contributed by atoms with van der Waals surface area (Å²) < 4.78 is 11.2. The summed E-state index contributed by atoms with van der Waals surface area (Å²) in [5.41, 5.74) is 2.38. The molecule has 0 atom stereocenters. The fraction of sp³-hybridized carbons (Fsp3) is 0.364. The van der Waals surface area contributed by atoms with E-state index >= 15 is 0 Å². The SMILES string of the molecule is Cc1cccc(N2CC3(CCN(C(=O)OCc4ccccc4)CC3)OC2=O)c1. The van der Waals surface area contributed by atoms with Crippen LogP contribution in [-0.2, 0) is 16.1 Å². The number of carbonyl (C=O) groups excluding carboxylic acids is 2. The van der Waals surface area contributed by atoms with Gasteiger partial charge in [-0.15, -0.1) is 0 Å². The van der Waals surface area contributed by atoms with E-state index in [1.807, 2.05) is 61.5 Å². The highest BCUT2D eigenvalue weighted by molar-refractivity contribution is 5.90. The molecule has 28 heavy (non-hydrogen) atoms. The third kappa shape index (κ3) is 3.81. The lowest BCUT2D eigenvalue weighted by molar-refractivity contribution is -0.00107. The molecule has 0 saturated carbocycles. The lowest BCUT2D eigenvalue weighted by Gasteiger charge is -2.36. The number of anilines is 1. The predicted molar refractivity (Wildman–Crippen MR) is 105 cm³/mol. The number of hydrogen-bond acceptors (Lipinski definition) is 4. The van der Waals surface area contributed by atoms with Gasteiger partial charge in [0.2, 0.25) is 0 Å². The first-order valence-corrected chi connectivity index (χ1v) is 9.58. The molecule has 2 amide bonds. The number of carbonyl (C=O) groups is 2. The Balaban J connectivity index is 1.33. The largest absolute Gasteiger partial charge is 0.445 e. The minimum Gasteiger partial charge on any atom is -0.445 e. The molecule has 2 aliphatic heterocycles. The second-order valence-electron chi connectivity index (χ2n) is 7.50. The molecule has 2 heterocycles. The van der Waals surface area contributed by atoms with Crippen LogP contribution in [0.15, 0.2) is 54.6 Å². The zero-order valence-electron chi connectivity index (χ0n) is 16.0. The topological polar surface area (TPSA) is 59.1 Å². The van der Waals surface area contributed by atoms with E-state index in [4.69, 9.17) is 9.47 Å². The van der Waals surface area contributed by atoms with Crippen molar-refractivity contribution in [1.29, 1.82) is 0 Å². The highest BCUT2D eigenvalue weighted by Crippen LogP contribution is 2.36. The van der Waals surface area contributed by atoms with Crippen LogP contribution in [0.4, 0.5) is 15.3 Å². The van der Waals surface area contributed by atoms with Crippen LogP contribution in [0, 0.1) is 6.92 Å². The van der Waals surface area contributed by atoms with E-state index in [-0.39, 0.29) is 18.8 Å². The van der Waals surface area contributed by atoms with E-state index in [0.29, 0.717) is 32.5 Å². The maximum atomic E-state index is 12.4. The molecule has 1 spiro atoms. The fourth-order valence-corrected chi connectivity index (χ4v) is 3.79. The summed E-state index contributed by atoms with van der Waals surface area (Å²) in [6.07, 6.45) is 0.590. The number of likely N-dealkylation sites (tertiary alicyclic amines) is 1. The first kappa shape index (κ1) is 18.3. The van der Waals surface area contributed by atoms with Crippen LogP contribution in [0.3, 0.4) is 0 Å². The average molecular weight is 380 g/mol. The molecule has 0 aromatic heterocycles. The van der Waals surface area contributed by atoms with Gasteiger partial charge in [0.25, 0.3) is 0 Å². The monoisotopic (exact) mass is 380 g/mol. The van der Waals surface area contributed by atoms with Gasteiger partial charge in [0.1, 0.15) is 12.2 Å². The third-order valence-corrected chi connectivity index (χ3v) is 5.42. The van der Waals surface area contributed by atoms with E-state index in [0.717, 1.165) is 16.8 Å². The molecule has 0 aliphatic carbocycles. The molecule has 2 aromatic carbocycles. The molecule has 2 saturated heterocycles. The molecular formula is C22H24N2O4. The van der Waals surface area contributed by atoms with Crippen molar-refractivity contribution in [2.75, 3.05) is 24.5 Å². The van der Waals surface area contributed by atoms with Crippen molar-refractivity contribution in [1.82, 2.24) is 4.90 Å². The van der Waals surface area contributed by atoms with Crippen LogP contribution in [0.1, 0.15) is 24.0 Å². The van der Waals surface area contributed by atoms with Gasteiger partial charge < -0.3 is 14.4 Å². The number of piperidine rings is 1. The summed E-state index contributed by atoms with van der Waals surface area (Å²) in [5.74, 6) is 0. The molecule has 2 aromatic rings. The standard InChI is InChI=1S/C22H24N2O4/c1-17-6-5-9-19(14-17)24-16-22(28-21(24)26)10-12-23(13-11-22)20(25)27-15-18-7-3-2-4-8-18/h2-9,14H,10-13,15-16H2,1H3. The Morgan fingerprint density at radius 1 is 1.11 bits per heavy atom. The first-order chi connectivity index (χ1) is 13.5. The summed E-state index contributed by atoms with van der Waals surface area (Å²) in [5, 5.41) is 0. The lowest BCUT2D eigenvalue weighted by Crippen LogP contribution is -2.48. The molecule has 4 rings (SSSR count). The van der Waals surface area contributed by atoms with Gasteiger partial charge >= 0.3 is 12.2 Å². The molecule has 0 bridgehead atoms. The van der Waals surface area contributed by atoms with Crippen molar-refractivity contribution in [2.24, 2.45) is 0 Å². The molecule has 146 valence electrons. The Bertz CT molecular complexity index is 860. The highest BCUT2D eigenvalue weighted by atomic mass is 16.6. The summed E-state index contributed by atoms with van der Waals surface area (Å²) in [4.78, 5) is 28.2. The van der Waals surface area contributed by atoms with E-state index in [9.17, 15) is 9.59 Å².